The fraction of sp³-hybridized carbons (Fsp3) is 0.350. The number of amides is 1. The second kappa shape index (κ2) is 8.22. The maximum absolute atomic E-state index is 12.3. The molecule has 1 aliphatic heterocycles. The normalized spacial score (nSPS) is 17.3. The molecule has 0 bridgehead atoms. The van der Waals surface area contributed by atoms with Gasteiger partial charge in [-0.3, -0.25) is 4.79 Å². The Labute approximate surface area is 169 Å². The summed E-state index contributed by atoms with van der Waals surface area (Å²) in [5.41, 5.74) is 2.53. The molecule has 2 aromatic rings. The Morgan fingerprint density at radius 3 is 2.50 bits per heavy atom. The van der Waals surface area contributed by atoms with Crippen LogP contribution in [0.3, 0.4) is 0 Å². The first kappa shape index (κ1) is 19.6. The van der Waals surface area contributed by atoms with Crippen LogP contribution in [0, 0.1) is 0 Å². The summed E-state index contributed by atoms with van der Waals surface area (Å²) in [6.45, 7) is 0.992. The quantitative estimate of drug-likeness (QED) is 0.676. The van der Waals surface area contributed by atoms with Gasteiger partial charge in [-0.05, 0) is 36.1 Å². The zero-order valence-corrected chi connectivity index (χ0v) is 17.3. The molecule has 2 aromatic carbocycles. The summed E-state index contributed by atoms with van der Waals surface area (Å²) in [6.07, 6.45) is 1.29. The molecule has 1 aliphatic rings. The van der Waals surface area contributed by atoms with Crippen molar-refractivity contribution in [3.63, 3.8) is 0 Å². The highest BCUT2D eigenvalue weighted by molar-refractivity contribution is 7.99. The third-order valence-corrected chi connectivity index (χ3v) is 6.76. The lowest BCUT2D eigenvalue weighted by molar-refractivity contribution is -0.924. The lowest BCUT2D eigenvalue weighted by Gasteiger charge is -2.35. The van der Waals surface area contributed by atoms with Gasteiger partial charge in [-0.25, -0.2) is 0 Å². The average molecular weight is 410 g/mol. The fourth-order valence-corrected chi connectivity index (χ4v) is 4.95. The van der Waals surface area contributed by atoms with Gasteiger partial charge in [-0.15, -0.1) is 0 Å². The van der Waals surface area contributed by atoms with Crippen LogP contribution >= 0.6 is 35.0 Å². The average Bonchev–Trinajstić information content (AvgIpc) is 3.14. The van der Waals surface area contributed by atoms with E-state index in [4.69, 9.17) is 23.2 Å². The van der Waals surface area contributed by atoms with Crippen LogP contribution in [0.4, 0.5) is 5.69 Å². The van der Waals surface area contributed by atoms with Crippen molar-refractivity contribution in [2.75, 3.05) is 30.9 Å². The molecule has 1 fully saturated rings. The van der Waals surface area contributed by atoms with E-state index < -0.39 is 0 Å². The van der Waals surface area contributed by atoms with Gasteiger partial charge in [0, 0.05) is 29.0 Å². The first-order valence-corrected chi connectivity index (χ1v) is 10.5. The molecule has 0 radical (unpaired) electrons. The first-order valence-electron chi connectivity index (χ1n) is 8.61. The van der Waals surface area contributed by atoms with Gasteiger partial charge < -0.3 is 9.80 Å². The molecule has 3 rings (SSSR count). The second-order valence-corrected chi connectivity index (χ2v) is 9.20. The zero-order valence-electron chi connectivity index (χ0n) is 15.0. The number of thioether (sulfide) groups is 1. The zero-order chi connectivity index (χ0) is 18.7. The molecule has 138 valence electrons. The predicted molar refractivity (Wildman–Crippen MR) is 112 cm³/mol. The van der Waals surface area contributed by atoms with Crippen LogP contribution in [0.5, 0.6) is 0 Å². The molecule has 1 heterocycles. The molecule has 6 heteroatoms. The number of hydrogen-bond donors (Lipinski definition) is 1. The number of rotatable bonds is 5. The number of carbonyl (C=O) groups is 1. The molecule has 0 aromatic heterocycles. The number of anilines is 1. The van der Waals surface area contributed by atoms with Crippen LogP contribution in [0.2, 0.25) is 10.0 Å². The molecule has 3 nitrogen and oxygen atoms in total. The van der Waals surface area contributed by atoms with Gasteiger partial charge in [0.15, 0.2) is 0 Å². The SMILES string of the molecule is C[N+](C)(Cc1ccc(NC(=O)c2ccc(Cl)c(Cl)c2)cc1)C1CCSC1. The van der Waals surface area contributed by atoms with E-state index in [0.29, 0.717) is 21.7 Å². The number of carbonyl (C=O) groups excluding carboxylic acids is 1. The fourth-order valence-electron chi connectivity index (χ4n) is 3.21. The summed E-state index contributed by atoms with van der Waals surface area (Å²) >= 11 is 13.9. The summed E-state index contributed by atoms with van der Waals surface area (Å²) in [4.78, 5) is 12.3. The highest BCUT2D eigenvalue weighted by Crippen LogP contribution is 2.28. The summed E-state index contributed by atoms with van der Waals surface area (Å²) < 4.78 is 1.00. The number of benzene rings is 2. The van der Waals surface area contributed by atoms with Crippen molar-refractivity contribution in [1.82, 2.24) is 0 Å². The summed E-state index contributed by atoms with van der Waals surface area (Å²) in [5, 5.41) is 3.71. The summed E-state index contributed by atoms with van der Waals surface area (Å²) in [5.74, 6) is 2.31. The largest absolute Gasteiger partial charge is 0.322 e. The van der Waals surface area contributed by atoms with Crippen LogP contribution in [0.1, 0.15) is 22.3 Å². The van der Waals surface area contributed by atoms with Gasteiger partial charge in [0.1, 0.15) is 6.54 Å². The molecule has 1 atom stereocenters. The van der Waals surface area contributed by atoms with E-state index in [1.54, 1.807) is 18.2 Å². The van der Waals surface area contributed by atoms with Crippen molar-refractivity contribution in [3.05, 3.63) is 63.6 Å². The monoisotopic (exact) mass is 409 g/mol. The van der Waals surface area contributed by atoms with E-state index >= 15 is 0 Å². The molecule has 0 spiro atoms. The van der Waals surface area contributed by atoms with Crippen LogP contribution in [0.15, 0.2) is 42.5 Å². The Balaban J connectivity index is 1.63. The van der Waals surface area contributed by atoms with Crippen molar-refractivity contribution in [2.24, 2.45) is 0 Å². The minimum atomic E-state index is -0.199. The third-order valence-electron chi connectivity index (χ3n) is 4.88. The molecule has 1 unspecified atom stereocenters. The van der Waals surface area contributed by atoms with Gasteiger partial charge in [0.2, 0.25) is 0 Å². The minimum Gasteiger partial charge on any atom is -0.322 e. The van der Waals surface area contributed by atoms with Crippen LogP contribution in [0.25, 0.3) is 0 Å². The van der Waals surface area contributed by atoms with Gasteiger partial charge in [-0.1, -0.05) is 35.3 Å². The topological polar surface area (TPSA) is 29.1 Å². The predicted octanol–water partition coefficient (Wildman–Crippen LogP) is 5.33. The number of hydrogen-bond acceptors (Lipinski definition) is 2. The number of quaternary nitrogens is 1. The molecule has 1 saturated heterocycles. The van der Waals surface area contributed by atoms with Gasteiger partial charge >= 0.3 is 0 Å². The number of halogens is 2. The Hall–Kier alpha value is -1.20. The molecular formula is C20H23Cl2N2OS+. The highest BCUT2D eigenvalue weighted by atomic mass is 35.5. The van der Waals surface area contributed by atoms with Gasteiger partial charge in [0.25, 0.3) is 5.91 Å². The van der Waals surface area contributed by atoms with Crippen molar-refractivity contribution >= 4 is 46.6 Å². The van der Waals surface area contributed by atoms with Crippen LogP contribution < -0.4 is 5.32 Å². The summed E-state index contributed by atoms with van der Waals surface area (Å²) in [6, 6.07) is 13.7. The molecule has 1 amide bonds. The van der Waals surface area contributed by atoms with E-state index in [1.807, 2.05) is 23.9 Å². The van der Waals surface area contributed by atoms with E-state index in [1.165, 1.54) is 23.5 Å². The van der Waals surface area contributed by atoms with Crippen molar-refractivity contribution in [3.8, 4) is 0 Å². The highest BCUT2D eigenvalue weighted by Gasteiger charge is 2.31. The third kappa shape index (κ3) is 4.74. The maximum Gasteiger partial charge on any atom is 0.255 e. The number of nitrogens with one attached hydrogen (secondary N) is 1. The van der Waals surface area contributed by atoms with Gasteiger partial charge in [-0.2, -0.15) is 11.8 Å². The first-order chi connectivity index (χ1) is 12.3. The number of nitrogens with zero attached hydrogens (tertiary/aromatic N) is 1. The van der Waals surface area contributed by atoms with Crippen LogP contribution in [-0.2, 0) is 6.54 Å². The molecule has 1 N–H and O–H groups in total. The lowest BCUT2D eigenvalue weighted by atomic mass is 10.1. The van der Waals surface area contributed by atoms with Gasteiger partial charge in [0.05, 0.1) is 30.2 Å². The molecule has 0 saturated carbocycles. The van der Waals surface area contributed by atoms with E-state index in [9.17, 15) is 4.79 Å². The van der Waals surface area contributed by atoms with E-state index in [-0.39, 0.29) is 5.91 Å². The molecule has 26 heavy (non-hydrogen) atoms. The maximum atomic E-state index is 12.3. The van der Waals surface area contributed by atoms with Crippen molar-refractivity contribution in [2.45, 2.75) is 19.0 Å². The van der Waals surface area contributed by atoms with Crippen LogP contribution in [-0.4, -0.2) is 42.0 Å². The van der Waals surface area contributed by atoms with Crippen molar-refractivity contribution in [1.29, 1.82) is 0 Å². The van der Waals surface area contributed by atoms with Crippen molar-refractivity contribution < 1.29 is 9.28 Å². The smallest absolute Gasteiger partial charge is 0.255 e. The van der Waals surface area contributed by atoms with E-state index in [2.05, 4.69) is 31.5 Å². The molecule has 0 aliphatic carbocycles. The Morgan fingerprint density at radius 2 is 1.88 bits per heavy atom. The second-order valence-electron chi connectivity index (χ2n) is 7.23. The summed E-state index contributed by atoms with van der Waals surface area (Å²) in [7, 11) is 4.60. The standard InChI is InChI=1S/C20H22Cl2N2OS/c1-24(2,17-9-10-26-13-17)12-14-3-6-16(7-4-14)23-20(25)15-5-8-18(21)19(22)11-15/h3-8,11,17H,9-10,12-13H2,1-2H3/p+1. The Morgan fingerprint density at radius 1 is 1.15 bits per heavy atom. The molecular weight excluding hydrogens is 387 g/mol. The van der Waals surface area contributed by atoms with E-state index in [0.717, 1.165) is 16.7 Å². The lowest BCUT2D eigenvalue weighted by Crippen LogP contribution is -2.48. The Kier molecular flexibility index (Phi) is 6.18. The minimum absolute atomic E-state index is 0.199. The Bertz CT molecular complexity index is 787.